The SMILES string of the molecule is CC(=O)C12CCCC1CCC2C=O. The van der Waals surface area contributed by atoms with Gasteiger partial charge in [0.1, 0.15) is 12.1 Å². The van der Waals surface area contributed by atoms with E-state index in [1.54, 1.807) is 6.92 Å². The maximum absolute atomic E-state index is 11.7. The van der Waals surface area contributed by atoms with Gasteiger partial charge in [0.15, 0.2) is 0 Å². The number of ketones is 1. The first-order chi connectivity index (χ1) is 6.21. The maximum Gasteiger partial charge on any atom is 0.136 e. The van der Waals surface area contributed by atoms with Crippen LogP contribution in [-0.2, 0) is 9.59 Å². The highest BCUT2D eigenvalue weighted by Crippen LogP contribution is 2.57. The summed E-state index contributed by atoms with van der Waals surface area (Å²) in [6, 6.07) is 0. The lowest BCUT2D eigenvalue weighted by Gasteiger charge is -2.29. The molecule has 3 unspecified atom stereocenters. The van der Waals surface area contributed by atoms with E-state index in [-0.39, 0.29) is 17.1 Å². The lowest BCUT2D eigenvalue weighted by Crippen LogP contribution is -2.36. The van der Waals surface area contributed by atoms with Crippen molar-refractivity contribution in [2.75, 3.05) is 0 Å². The minimum atomic E-state index is -0.234. The Labute approximate surface area is 78.7 Å². The van der Waals surface area contributed by atoms with E-state index < -0.39 is 0 Å². The van der Waals surface area contributed by atoms with E-state index in [9.17, 15) is 9.59 Å². The molecular weight excluding hydrogens is 164 g/mol. The van der Waals surface area contributed by atoms with Crippen LogP contribution in [0.1, 0.15) is 39.0 Å². The largest absolute Gasteiger partial charge is 0.303 e. The zero-order chi connectivity index (χ0) is 9.47. The van der Waals surface area contributed by atoms with Gasteiger partial charge in [0.25, 0.3) is 0 Å². The van der Waals surface area contributed by atoms with Crippen molar-refractivity contribution in [3.63, 3.8) is 0 Å². The Balaban J connectivity index is 2.36. The number of fused-ring (bicyclic) bond motifs is 1. The van der Waals surface area contributed by atoms with Gasteiger partial charge in [0.05, 0.1) is 0 Å². The van der Waals surface area contributed by atoms with Gasteiger partial charge in [-0.05, 0) is 38.5 Å². The van der Waals surface area contributed by atoms with E-state index in [0.717, 1.165) is 38.4 Å². The van der Waals surface area contributed by atoms with Crippen LogP contribution in [0.25, 0.3) is 0 Å². The predicted octanol–water partition coefficient (Wildman–Crippen LogP) is 1.97. The van der Waals surface area contributed by atoms with Crippen molar-refractivity contribution >= 4 is 12.1 Å². The molecule has 2 aliphatic rings. The smallest absolute Gasteiger partial charge is 0.136 e. The summed E-state index contributed by atoms with van der Waals surface area (Å²) >= 11 is 0. The highest BCUT2D eigenvalue weighted by Gasteiger charge is 2.55. The van der Waals surface area contributed by atoms with Crippen LogP contribution in [0.4, 0.5) is 0 Å². The Hall–Kier alpha value is -0.660. The second-order valence-corrected chi connectivity index (χ2v) is 4.51. The summed E-state index contributed by atoms with van der Waals surface area (Å²) in [5.74, 6) is 0.794. The van der Waals surface area contributed by atoms with Crippen molar-refractivity contribution < 1.29 is 9.59 Å². The third-order valence-corrected chi connectivity index (χ3v) is 4.18. The number of carbonyl (C=O) groups is 2. The van der Waals surface area contributed by atoms with Gasteiger partial charge in [0.2, 0.25) is 0 Å². The van der Waals surface area contributed by atoms with Crippen LogP contribution in [0.5, 0.6) is 0 Å². The number of hydrogen-bond acceptors (Lipinski definition) is 2. The molecule has 2 aliphatic carbocycles. The standard InChI is InChI=1S/C11H16O2/c1-8(13)11-6-2-3-9(11)4-5-10(11)7-12/h7,9-10H,2-6H2,1H3. The van der Waals surface area contributed by atoms with E-state index in [2.05, 4.69) is 0 Å². The fourth-order valence-electron chi connectivity index (χ4n) is 3.55. The molecule has 13 heavy (non-hydrogen) atoms. The van der Waals surface area contributed by atoms with E-state index >= 15 is 0 Å². The minimum Gasteiger partial charge on any atom is -0.303 e. The number of carbonyl (C=O) groups excluding carboxylic acids is 2. The van der Waals surface area contributed by atoms with Crippen LogP contribution >= 0.6 is 0 Å². The molecule has 0 amide bonds. The van der Waals surface area contributed by atoms with Crippen LogP contribution in [0, 0.1) is 17.3 Å². The first kappa shape index (κ1) is 8.92. The third-order valence-electron chi connectivity index (χ3n) is 4.18. The van der Waals surface area contributed by atoms with Gasteiger partial charge in [-0.3, -0.25) is 4.79 Å². The van der Waals surface area contributed by atoms with E-state index in [1.165, 1.54) is 0 Å². The average Bonchev–Trinajstić information content (AvgIpc) is 2.59. The minimum absolute atomic E-state index is 0.0255. The van der Waals surface area contributed by atoms with Crippen molar-refractivity contribution in [1.29, 1.82) is 0 Å². The molecule has 0 saturated heterocycles. The van der Waals surface area contributed by atoms with Gasteiger partial charge in [-0.2, -0.15) is 0 Å². The summed E-state index contributed by atoms with van der Waals surface area (Å²) in [5, 5.41) is 0. The Kier molecular flexibility index (Phi) is 2.01. The number of rotatable bonds is 2. The van der Waals surface area contributed by atoms with Crippen molar-refractivity contribution in [3.05, 3.63) is 0 Å². The molecule has 0 aromatic rings. The normalized spacial score (nSPS) is 43.2. The van der Waals surface area contributed by atoms with Crippen LogP contribution in [0.15, 0.2) is 0 Å². The summed E-state index contributed by atoms with van der Waals surface area (Å²) in [6.07, 6.45) is 6.29. The summed E-state index contributed by atoms with van der Waals surface area (Å²) < 4.78 is 0. The van der Waals surface area contributed by atoms with E-state index in [4.69, 9.17) is 0 Å². The molecule has 72 valence electrons. The molecule has 0 aromatic carbocycles. The monoisotopic (exact) mass is 180 g/mol. The van der Waals surface area contributed by atoms with Crippen LogP contribution in [0.2, 0.25) is 0 Å². The lowest BCUT2D eigenvalue weighted by molar-refractivity contribution is -0.133. The zero-order valence-electron chi connectivity index (χ0n) is 8.08. The molecule has 0 bridgehead atoms. The summed E-state index contributed by atoms with van der Waals surface area (Å²) in [4.78, 5) is 22.6. The molecule has 2 rings (SSSR count). The van der Waals surface area contributed by atoms with E-state index in [1.807, 2.05) is 0 Å². The Bertz CT molecular complexity index is 246. The highest BCUT2D eigenvalue weighted by atomic mass is 16.1. The molecule has 0 aliphatic heterocycles. The molecule has 0 radical (unpaired) electrons. The second kappa shape index (κ2) is 2.93. The second-order valence-electron chi connectivity index (χ2n) is 4.51. The molecule has 0 N–H and O–H groups in total. The molecule has 2 saturated carbocycles. The van der Waals surface area contributed by atoms with Crippen LogP contribution in [-0.4, -0.2) is 12.1 Å². The van der Waals surface area contributed by atoms with Gasteiger partial charge in [0, 0.05) is 11.3 Å². The summed E-state index contributed by atoms with van der Waals surface area (Å²) in [6.45, 7) is 1.67. The van der Waals surface area contributed by atoms with Crippen LogP contribution in [0.3, 0.4) is 0 Å². The molecule has 2 heteroatoms. The van der Waals surface area contributed by atoms with Crippen LogP contribution < -0.4 is 0 Å². The lowest BCUT2D eigenvalue weighted by atomic mass is 9.71. The van der Waals surface area contributed by atoms with Gasteiger partial charge < -0.3 is 4.79 Å². The molecule has 0 aromatic heterocycles. The summed E-state index contributed by atoms with van der Waals surface area (Å²) in [5.41, 5.74) is -0.234. The van der Waals surface area contributed by atoms with Crippen molar-refractivity contribution in [1.82, 2.24) is 0 Å². The fourth-order valence-corrected chi connectivity index (χ4v) is 3.55. The molecule has 0 spiro atoms. The third kappa shape index (κ3) is 1.01. The fraction of sp³-hybridized carbons (Fsp3) is 0.818. The topological polar surface area (TPSA) is 34.1 Å². The van der Waals surface area contributed by atoms with Crippen molar-refractivity contribution in [3.8, 4) is 0 Å². The first-order valence-corrected chi connectivity index (χ1v) is 5.18. The highest BCUT2D eigenvalue weighted by molar-refractivity contribution is 5.87. The van der Waals surface area contributed by atoms with Gasteiger partial charge in [-0.25, -0.2) is 0 Å². The van der Waals surface area contributed by atoms with Gasteiger partial charge in [-0.15, -0.1) is 0 Å². The molecule has 0 heterocycles. The number of aldehydes is 1. The van der Waals surface area contributed by atoms with Crippen molar-refractivity contribution in [2.45, 2.75) is 39.0 Å². The Morgan fingerprint density at radius 2 is 2.15 bits per heavy atom. The molecule has 3 atom stereocenters. The maximum atomic E-state index is 11.7. The average molecular weight is 180 g/mol. The molecule has 2 fully saturated rings. The molecule has 2 nitrogen and oxygen atoms in total. The summed E-state index contributed by atoms with van der Waals surface area (Å²) in [7, 11) is 0. The number of hydrogen-bond donors (Lipinski definition) is 0. The Morgan fingerprint density at radius 3 is 2.77 bits per heavy atom. The van der Waals surface area contributed by atoms with Crippen molar-refractivity contribution in [2.24, 2.45) is 17.3 Å². The molecular formula is C11H16O2. The van der Waals surface area contributed by atoms with Gasteiger partial charge in [-0.1, -0.05) is 6.42 Å². The zero-order valence-corrected chi connectivity index (χ0v) is 8.08. The Morgan fingerprint density at radius 1 is 1.38 bits per heavy atom. The van der Waals surface area contributed by atoms with E-state index in [0.29, 0.717) is 5.92 Å². The first-order valence-electron chi connectivity index (χ1n) is 5.18. The number of Topliss-reactive ketones (excluding diaryl/α,β-unsaturated/α-hetero) is 1. The predicted molar refractivity (Wildman–Crippen MR) is 49.2 cm³/mol. The quantitative estimate of drug-likeness (QED) is 0.609. The van der Waals surface area contributed by atoms with Gasteiger partial charge >= 0.3 is 0 Å².